The summed E-state index contributed by atoms with van der Waals surface area (Å²) in [6.45, 7) is 0. The second-order valence-electron chi connectivity index (χ2n) is 6.51. The topological polar surface area (TPSA) is 20.2 Å². The molecule has 4 atom stereocenters. The molecule has 0 aromatic heterocycles. The lowest BCUT2D eigenvalue weighted by atomic mass is 9.66. The molecule has 0 heterocycles. The largest absolute Gasteiger partial charge is 0.393 e. The van der Waals surface area contributed by atoms with Crippen LogP contribution in [-0.4, -0.2) is 11.2 Å². The van der Waals surface area contributed by atoms with E-state index in [2.05, 4.69) is 18.2 Å². The van der Waals surface area contributed by atoms with E-state index in [9.17, 15) is 5.11 Å². The Morgan fingerprint density at radius 2 is 2.11 bits per heavy atom. The monoisotopic (exact) mass is 242 g/mol. The molecule has 0 spiro atoms. The lowest BCUT2D eigenvalue weighted by Crippen LogP contribution is -2.27. The van der Waals surface area contributed by atoms with E-state index >= 15 is 0 Å². The van der Waals surface area contributed by atoms with Crippen LogP contribution in [0.5, 0.6) is 0 Å². The minimum Gasteiger partial charge on any atom is -0.393 e. The molecule has 1 N–H and O–H groups in total. The third kappa shape index (κ3) is 1.56. The van der Waals surface area contributed by atoms with Gasteiger partial charge in [-0.3, -0.25) is 0 Å². The van der Waals surface area contributed by atoms with E-state index in [1.807, 2.05) is 0 Å². The lowest BCUT2D eigenvalue weighted by molar-refractivity contribution is 0.172. The summed E-state index contributed by atoms with van der Waals surface area (Å²) in [5.41, 5.74) is 4.96. The second kappa shape index (κ2) is 4.09. The van der Waals surface area contributed by atoms with Crippen LogP contribution in [0.25, 0.3) is 0 Å². The van der Waals surface area contributed by atoms with Crippen LogP contribution < -0.4 is 0 Å². The van der Waals surface area contributed by atoms with Gasteiger partial charge in [-0.25, -0.2) is 0 Å². The van der Waals surface area contributed by atoms with Crippen molar-refractivity contribution in [2.45, 2.75) is 51.0 Å². The summed E-state index contributed by atoms with van der Waals surface area (Å²) in [5, 5.41) is 9.92. The Morgan fingerprint density at radius 1 is 1.17 bits per heavy atom. The van der Waals surface area contributed by atoms with Gasteiger partial charge in [0.1, 0.15) is 0 Å². The lowest BCUT2D eigenvalue weighted by Gasteiger charge is -2.39. The first kappa shape index (κ1) is 11.0. The van der Waals surface area contributed by atoms with Crippen LogP contribution in [0.3, 0.4) is 0 Å². The maximum Gasteiger partial charge on any atom is 0.0549 e. The minimum atomic E-state index is -0.0442. The molecule has 0 aromatic rings. The molecule has 1 unspecified atom stereocenters. The molecular weight excluding hydrogens is 220 g/mol. The van der Waals surface area contributed by atoms with Gasteiger partial charge in [0.25, 0.3) is 0 Å². The van der Waals surface area contributed by atoms with Gasteiger partial charge in [-0.15, -0.1) is 0 Å². The average Bonchev–Trinajstić information content (AvgIpc) is 2.79. The summed E-state index contributed by atoms with van der Waals surface area (Å²) >= 11 is 0. The Kier molecular flexibility index (Phi) is 2.51. The zero-order valence-electron chi connectivity index (χ0n) is 10.9. The van der Waals surface area contributed by atoms with Crippen molar-refractivity contribution in [3.8, 4) is 0 Å². The van der Waals surface area contributed by atoms with Gasteiger partial charge in [-0.2, -0.15) is 0 Å². The normalized spacial score (nSPS) is 42.2. The molecule has 0 aromatic carbocycles. The van der Waals surface area contributed by atoms with Crippen molar-refractivity contribution in [1.29, 1.82) is 0 Å². The maximum absolute atomic E-state index is 9.92. The molecule has 0 aliphatic heterocycles. The predicted molar refractivity (Wildman–Crippen MR) is 73.0 cm³/mol. The second-order valence-corrected chi connectivity index (χ2v) is 6.51. The quantitative estimate of drug-likeness (QED) is 0.685. The Bertz CT molecular complexity index is 454. The highest BCUT2D eigenvalue weighted by Gasteiger charge is 2.42. The fourth-order valence-corrected chi connectivity index (χ4v) is 4.77. The average molecular weight is 242 g/mol. The van der Waals surface area contributed by atoms with Crippen LogP contribution in [0.2, 0.25) is 0 Å². The molecule has 0 bridgehead atoms. The molecule has 96 valence electrons. The van der Waals surface area contributed by atoms with E-state index in [1.165, 1.54) is 32.1 Å². The Labute approximate surface area is 109 Å². The highest BCUT2D eigenvalue weighted by molar-refractivity contribution is 5.47. The van der Waals surface area contributed by atoms with Crippen LogP contribution in [0.4, 0.5) is 0 Å². The molecule has 1 nitrogen and oxygen atoms in total. The molecule has 0 saturated heterocycles. The van der Waals surface area contributed by atoms with Crippen molar-refractivity contribution in [3.63, 3.8) is 0 Å². The number of aliphatic hydroxyl groups is 1. The fraction of sp³-hybridized carbons (Fsp3) is 0.647. The molecule has 18 heavy (non-hydrogen) atoms. The third-order valence-corrected chi connectivity index (χ3v) is 5.56. The summed E-state index contributed by atoms with van der Waals surface area (Å²) < 4.78 is 0. The molecule has 1 heteroatoms. The molecule has 0 amide bonds. The first-order valence-electron chi connectivity index (χ1n) is 7.61. The number of hydrogen-bond acceptors (Lipinski definition) is 1. The molecule has 1 fully saturated rings. The molecule has 4 aliphatic carbocycles. The Hall–Kier alpha value is -0.820. The summed E-state index contributed by atoms with van der Waals surface area (Å²) in [6, 6.07) is 0. The van der Waals surface area contributed by atoms with Crippen molar-refractivity contribution >= 4 is 0 Å². The van der Waals surface area contributed by atoms with E-state index < -0.39 is 0 Å². The van der Waals surface area contributed by atoms with Crippen LogP contribution >= 0.6 is 0 Å². The zero-order chi connectivity index (χ0) is 12.1. The van der Waals surface area contributed by atoms with Crippen LogP contribution in [0.15, 0.2) is 34.9 Å². The van der Waals surface area contributed by atoms with Gasteiger partial charge in [0, 0.05) is 0 Å². The highest BCUT2D eigenvalue weighted by atomic mass is 16.3. The predicted octanol–water partition coefficient (Wildman–Crippen LogP) is 3.76. The van der Waals surface area contributed by atoms with E-state index in [0.29, 0.717) is 5.92 Å². The molecule has 4 rings (SSSR count). The van der Waals surface area contributed by atoms with Gasteiger partial charge in [-0.05, 0) is 79.4 Å². The van der Waals surface area contributed by atoms with Crippen molar-refractivity contribution in [1.82, 2.24) is 0 Å². The Morgan fingerprint density at radius 3 is 3.06 bits per heavy atom. The van der Waals surface area contributed by atoms with Crippen LogP contribution in [-0.2, 0) is 0 Å². The third-order valence-electron chi connectivity index (χ3n) is 5.56. The van der Waals surface area contributed by atoms with Gasteiger partial charge in [0.05, 0.1) is 6.10 Å². The Balaban J connectivity index is 1.76. The molecule has 0 radical (unpaired) electrons. The van der Waals surface area contributed by atoms with Gasteiger partial charge >= 0.3 is 0 Å². The van der Waals surface area contributed by atoms with Gasteiger partial charge < -0.3 is 5.11 Å². The fourth-order valence-electron chi connectivity index (χ4n) is 4.77. The van der Waals surface area contributed by atoms with E-state index in [1.54, 1.807) is 16.7 Å². The first-order valence-corrected chi connectivity index (χ1v) is 7.61. The van der Waals surface area contributed by atoms with Gasteiger partial charge in [0.2, 0.25) is 0 Å². The number of rotatable bonds is 0. The van der Waals surface area contributed by atoms with Crippen molar-refractivity contribution in [2.24, 2.45) is 17.8 Å². The summed E-state index contributed by atoms with van der Waals surface area (Å²) in [5.74, 6) is 2.14. The molecular formula is C17H22O. The summed E-state index contributed by atoms with van der Waals surface area (Å²) in [7, 11) is 0. The molecule has 1 saturated carbocycles. The maximum atomic E-state index is 9.92. The van der Waals surface area contributed by atoms with E-state index in [0.717, 1.165) is 24.7 Å². The smallest absolute Gasteiger partial charge is 0.0549 e. The highest BCUT2D eigenvalue weighted by Crippen LogP contribution is 2.51. The first-order chi connectivity index (χ1) is 8.83. The standard InChI is InChI=1S/C17H22O/c18-13-9-12-6-8-15-14-4-2-1-3-11(14)5-7-16(15)17(12)10-13/h3,6,8,12-13,16-18H,1-2,4-5,7,9-10H2/t12-,13?,16-,17-/m1/s1. The number of hydrogen-bond donors (Lipinski definition) is 1. The minimum absolute atomic E-state index is 0.0442. The SMILES string of the molecule is OC1C[C@@H]2[C@H](C=CC3=C4CCCC=C4CC[C@H]32)C1. The van der Waals surface area contributed by atoms with E-state index in [4.69, 9.17) is 0 Å². The number of fused-ring (bicyclic) bond motifs is 4. The van der Waals surface area contributed by atoms with Crippen molar-refractivity contribution in [3.05, 3.63) is 34.9 Å². The van der Waals surface area contributed by atoms with Crippen molar-refractivity contribution < 1.29 is 5.11 Å². The zero-order valence-corrected chi connectivity index (χ0v) is 10.9. The summed E-state index contributed by atoms with van der Waals surface area (Å²) in [6.07, 6.45) is 15.8. The molecule has 4 aliphatic rings. The van der Waals surface area contributed by atoms with Crippen LogP contribution in [0, 0.1) is 17.8 Å². The number of aliphatic hydroxyl groups excluding tert-OH is 1. The number of allylic oxidation sites excluding steroid dienone is 6. The summed E-state index contributed by atoms with van der Waals surface area (Å²) in [4.78, 5) is 0. The van der Waals surface area contributed by atoms with Crippen molar-refractivity contribution in [2.75, 3.05) is 0 Å². The van der Waals surface area contributed by atoms with Gasteiger partial charge in [0.15, 0.2) is 0 Å². The van der Waals surface area contributed by atoms with Gasteiger partial charge in [-0.1, -0.05) is 18.2 Å². The van der Waals surface area contributed by atoms with E-state index in [-0.39, 0.29) is 6.10 Å². The van der Waals surface area contributed by atoms with Crippen LogP contribution in [0.1, 0.15) is 44.9 Å².